The number of amides is 1. The summed E-state index contributed by atoms with van der Waals surface area (Å²) in [6.45, 7) is 2.06. The molecule has 144 valence electrons. The van der Waals surface area contributed by atoms with Crippen LogP contribution in [-0.4, -0.2) is 13.0 Å². The molecule has 0 aliphatic carbocycles. The molecule has 0 aliphatic rings. The van der Waals surface area contributed by atoms with E-state index in [1.54, 1.807) is 7.11 Å². The van der Waals surface area contributed by atoms with Crippen molar-refractivity contribution in [1.82, 2.24) is 5.32 Å². The molecule has 1 amide bonds. The summed E-state index contributed by atoms with van der Waals surface area (Å²) in [5.74, 6) is 0.405. The number of hydrogen-bond donors (Lipinski definition) is 1. The van der Waals surface area contributed by atoms with E-state index in [-0.39, 0.29) is 11.9 Å². The highest BCUT2D eigenvalue weighted by atomic mass is 16.5. The lowest BCUT2D eigenvalue weighted by Gasteiger charge is -2.22. The van der Waals surface area contributed by atoms with Crippen LogP contribution in [0.25, 0.3) is 10.8 Å². The van der Waals surface area contributed by atoms with Crippen LogP contribution in [0.3, 0.4) is 0 Å². The average Bonchev–Trinajstić information content (AvgIpc) is 2.77. The van der Waals surface area contributed by atoms with E-state index in [1.807, 2.05) is 78.9 Å². The zero-order chi connectivity index (χ0) is 20.2. The van der Waals surface area contributed by atoms with Crippen molar-refractivity contribution in [3.05, 3.63) is 113 Å². The van der Waals surface area contributed by atoms with Gasteiger partial charge in [-0.3, -0.25) is 4.79 Å². The van der Waals surface area contributed by atoms with Crippen LogP contribution >= 0.6 is 0 Å². The normalized spacial score (nSPS) is 11.8. The molecule has 0 aromatic heterocycles. The van der Waals surface area contributed by atoms with Crippen molar-refractivity contribution in [2.24, 2.45) is 0 Å². The van der Waals surface area contributed by atoms with E-state index in [0.717, 1.165) is 27.5 Å². The molecule has 1 N–H and O–H groups in total. The van der Waals surface area contributed by atoms with Crippen molar-refractivity contribution in [2.45, 2.75) is 13.0 Å². The number of aryl methyl sites for hydroxylation is 1. The Morgan fingerprint density at radius 2 is 1.45 bits per heavy atom. The smallest absolute Gasteiger partial charge is 0.255 e. The molecule has 0 radical (unpaired) electrons. The topological polar surface area (TPSA) is 38.3 Å². The van der Waals surface area contributed by atoms with Gasteiger partial charge in [0, 0.05) is 0 Å². The van der Waals surface area contributed by atoms with E-state index in [4.69, 9.17) is 4.74 Å². The molecule has 0 saturated heterocycles. The minimum Gasteiger partial charge on any atom is -0.496 e. The predicted octanol–water partition coefficient (Wildman–Crippen LogP) is 5.68. The SMILES string of the molecule is COc1cc2ccccc2cc1C(=O)NC(c1ccccc1)c1ccccc1C. The molecule has 4 aromatic rings. The second-order valence-corrected chi connectivity index (χ2v) is 7.07. The number of fused-ring (bicyclic) bond motifs is 1. The molecule has 1 unspecified atom stereocenters. The molecule has 0 bridgehead atoms. The largest absolute Gasteiger partial charge is 0.496 e. The lowest BCUT2D eigenvalue weighted by molar-refractivity contribution is 0.0940. The molecular weight excluding hydrogens is 358 g/mol. The van der Waals surface area contributed by atoms with Crippen molar-refractivity contribution in [1.29, 1.82) is 0 Å². The van der Waals surface area contributed by atoms with Gasteiger partial charge in [0.05, 0.1) is 18.7 Å². The summed E-state index contributed by atoms with van der Waals surface area (Å²) in [5.41, 5.74) is 3.77. The Morgan fingerprint density at radius 3 is 2.14 bits per heavy atom. The first-order valence-corrected chi connectivity index (χ1v) is 9.65. The minimum atomic E-state index is -0.249. The van der Waals surface area contributed by atoms with Gasteiger partial charge in [-0.1, -0.05) is 78.9 Å². The molecule has 0 saturated carbocycles. The van der Waals surface area contributed by atoms with Gasteiger partial charge < -0.3 is 10.1 Å². The zero-order valence-corrected chi connectivity index (χ0v) is 16.6. The fraction of sp³-hybridized carbons (Fsp3) is 0.115. The maximum Gasteiger partial charge on any atom is 0.255 e. The standard InChI is InChI=1S/C26H23NO2/c1-18-10-6-9-15-22(18)25(19-11-4-3-5-12-19)27-26(28)23-16-20-13-7-8-14-21(20)17-24(23)29-2/h3-17,25H,1-2H3,(H,27,28). The second kappa shape index (κ2) is 8.19. The van der Waals surface area contributed by atoms with Crippen molar-refractivity contribution >= 4 is 16.7 Å². The number of benzene rings is 4. The lowest BCUT2D eigenvalue weighted by Crippen LogP contribution is -2.30. The highest BCUT2D eigenvalue weighted by Crippen LogP contribution is 2.29. The summed E-state index contributed by atoms with van der Waals surface area (Å²) < 4.78 is 5.53. The Balaban J connectivity index is 1.76. The molecule has 3 heteroatoms. The van der Waals surface area contributed by atoms with Crippen molar-refractivity contribution in [3.8, 4) is 5.75 Å². The van der Waals surface area contributed by atoms with E-state index in [1.165, 1.54) is 0 Å². The Labute approximate surface area is 171 Å². The van der Waals surface area contributed by atoms with Crippen LogP contribution in [-0.2, 0) is 0 Å². The number of nitrogens with one attached hydrogen (secondary N) is 1. The van der Waals surface area contributed by atoms with Crippen LogP contribution in [0.1, 0.15) is 33.1 Å². The number of methoxy groups -OCH3 is 1. The van der Waals surface area contributed by atoms with Gasteiger partial charge in [-0.15, -0.1) is 0 Å². The maximum atomic E-state index is 13.3. The summed E-state index contributed by atoms with van der Waals surface area (Å²) in [5, 5.41) is 5.27. The first-order chi connectivity index (χ1) is 14.2. The van der Waals surface area contributed by atoms with Crippen LogP contribution in [0, 0.1) is 6.92 Å². The number of hydrogen-bond acceptors (Lipinski definition) is 2. The summed E-state index contributed by atoms with van der Waals surface area (Å²) in [6.07, 6.45) is 0. The Morgan fingerprint density at radius 1 is 0.828 bits per heavy atom. The highest BCUT2D eigenvalue weighted by molar-refractivity contribution is 6.02. The van der Waals surface area contributed by atoms with E-state index in [9.17, 15) is 4.79 Å². The number of carbonyl (C=O) groups excluding carboxylic acids is 1. The van der Waals surface area contributed by atoms with Crippen LogP contribution in [0.4, 0.5) is 0 Å². The van der Waals surface area contributed by atoms with Gasteiger partial charge in [0.25, 0.3) is 5.91 Å². The Hall–Kier alpha value is -3.59. The highest BCUT2D eigenvalue weighted by Gasteiger charge is 2.21. The second-order valence-electron chi connectivity index (χ2n) is 7.07. The molecule has 29 heavy (non-hydrogen) atoms. The zero-order valence-electron chi connectivity index (χ0n) is 16.6. The van der Waals surface area contributed by atoms with E-state index >= 15 is 0 Å². The third-order valence-electron chi connectivity index (χ3n) is 5.22. The van der Waals surface area contributed by atoms with Gasteiger partial charge in [0.15, 0.2) is 0 Å². The number of rotatable bonds is 5. The van der Waals surface area contributed by atoms with Gasteiger partial charge in [0.1, 0.15) is 5.75 Å². The fourth-order valence-electron chi connectivity index (χ4n) is 3.67. The molecule has 0 fully saturated rings. The molecule has 0 spiro atoms. The minimum absolute atomic E-state index is 0.162. The van der Waals surface area contributed by atoms with Gasteiger partial charge >= 0.3 is 0 Å². The molecule has 0 aliphatic heterocycles. The van der Waals surface area contributed by atoms with Crippen molar-refractivity contribution in [3.63, 3.8) is 0 Å². The van der Waals surface area contributed by atoms with Crippen LogP contribution in [0.15, 0.2) is 91.0 Å². The first kappa shape index (κ1) is 18.8. The van der Waals surface area contributed by atoms with E-state index < -0.39 is 0 Å². The van der Waals surface area contributed by atoms with Gasteiger partial charge in [0.2, 0.25) is 0 Å². The van der Waals surface area contributed by atoms with Crippen molar-refractivity contribution in [2.75, 3.05) is 7.11 Å². The molecule has 0 heterocycles. The third kappa shape index (κ3) is 3.85. The van der Waals surface area contributed by atoms with Gasteiger partial charge in [-0.05, 0) is 46.5 Å². The molecule has 1 atom stereocenters. The molecule has 3 nitrogen and oxygen atoms in total. The van der Waals surface area contributed by atoms with Gasteiger partial charge in [-0.25, -0.2) is 0 Å². The quantitative estimate of drug-likeness (QED) is 0.483. The van der Waals surface area contributed by atoms with Crippen LogP contribution in [0.5, 0.6) is 5.75 Å². The Bertz CT molecular complexity index is 1150. The Kier molecular flexibility index (Phi) is 5.30. The number of ether oxygens (including phenoxy) is 1. The monoisotopic (exact) mass is 381 g/mol. The first-order valence-electron chi connectivity index (χ1n) is 9.65. The summed E-state index contributed by atoms with van der Waals surface area (Å²) in [7, 11) is 1.59. The molecule has 4 rings (SSSR count). The lowest BCUT2D eigenvalue weighted by atomic mass is 9.94. The van der Waals surface area contributed by atoms with Crippen LogP contribution in [0.2, 0.25) is 0 Å². The predicted molar refractivity (Wildman–Crippen MR) is 117 cm³/mol. The summed E-state index contributed by atoms with van der Waals surface area (Å²) in [4.78, 5) is 13.3. The van der Waals surface area contributed by atoms with Gasteiger partial charge in [-0.2, -0.15) is 0 Å². The third-order valence-corrected chi connectivity index (χ3v) is 5.22. The summed E-state index contributed by atoms with van der Waals surface area (Å²) in [6, 6.07) is 29.7. The molecule has 4 aromatic carbocycles. The average molecular weight is 381 g/mol. The molecular formula is C26H23NO2. The summed E-state index contributed by atoms with van der Waals surface area (Å²) >= 11 is 0. The maximum absolute atomic E-state index is 13.3. The van der Waals surface area contributed by atoms with Crippen LogP contribution < -0.4 is 10.1 Å². The van der Waals surface area contributed by atoms with Crippen molar-refractivity contribution < 1.29 is 9.53 Å². The van der Waals surface area contributed by atoms with E-state index in [0.29, 0.717) is 11.3 Å². The fourth-order valence-corrected chi connectivity index (χ4v) is 3.67. The van der Waals surface area contributed by atoms with E-state index in [2.05, 4.69) is 24.4 Å². The number of carbonyl (C=O) groups is 1.